The van der Waals surface area contributed by atoms with Crippen LogP contribution in [0, 0.1) is 10.1 Å². The van der Waals surface area contributed by atoms with Crippen molar-refractivity contribution in [2.24, 2.45) is 0 Å². The molecule has 114 valence electrons. The molecule has 0 radical (unpaired) electrons. The Morgan fingerprint density at radius 2 is 2.29 bits per heavy atom. The number of benzene rings is 1. The first kappa shape index (κ1) is 15.7. The van der Waals surface area contributed by atoms with Gasteiger partial charge < -0.3 is 10.1 Å². The second-order valence-corrected chi connectivity index (χ2v) is 5.36. The van der Waals surface area contributed by atoms with Gasteiger partial charge >= 0.3 is 0 Å². The average molecular weight is 313 g/mol. The Bertz CT molecular complexity index is 530. The van der Waals surface area contributed by atoms with E-state index < -0.39 is 4.92 Å². The summed E-state index contributed by atoms with van der Waals surface area (Å²) < 4.78 is 5.57. The third kappa shape index (κ3) is 4.41. The molecule has 1 N–H and O–H groups in total. The number of nitrogens with zero attached hydrogens (tertiary/aromatic N) is 1. The number of hydrogen-bond donors (Lipinski definition) is 1. The molecule has 1 heterocycles. The minimum absolute atomic E-state index is 0.0205. The Balaban J connectivity index is 1.88. The number of nitro groups is 1. The molecule has 1 aromatic carbocycles. The van der Waals surface area contributed by atoms with Crippen LogP contribution in [0.4, 0.5) is 5.69 Å². The highest BCUT2D eigenvalue weighted by molar-refractivity contribution is 6.32. The van der Waals surface area contributed by atoms with Crippen molar-refractivity contribution >= 4 is 23.2 Å². The molecule has 1 aliphatic rings. The van der Waals surface area contributed by atoms with Crippen LogP contribution in [0.3, 0.4) is 0 Å². The van der Waals surface area contributed by atoms with Crippen molar-refractivity contribution in [2.75, 3.05) is 13.2 Å². The van der Waals surface area contributed by atoms with Gasteiger partial charge in [-0.1, -0.05) is 11.6 Å². The van der Waals surface area contributed by atoms with Crippen molar-refractivity contribution in [3.63, 3.8) is 0 Å². The molecule has 0 spiro atoms. The zero-order chi connectivity index (χ0) is 15.2. The lowest BCUT2D eigenvalue weighted by atomic mass is 10.1. The molecule has 0 aliphatic carbocycles. The maximum absolute atomic E-state index is 12.0. The molecule has 1 unspecified atom stereocenters. The van der Waals surface area contributed by atoms with Crippen molar-refractivity contribution in [1.29, 1.82) is 0 Å². The number of hydrogen-bond acceptors (Lipinski definition) is 4. The van der Waals surface area contributed by atoms with Crippen molar-refractivity contribution in [1.82, 2.24) is 5.32 Å². The van der Waals surface area contributed by atoms with Gasteiger partial charge in [0, 0.05) is 24.8 Å². The lowest BCUT2D eigenvalue weighted by Gasteiger charge is -2.22. The van der Waals surface area contributed by atoms with Crippen LogP contribution >= 0.6 is 11.6 Å². The highest BCUT2D eigenvalue weighted by Gasteiger charge is 2.17. The number of carbonyl (C=O) groups is 1. The van der Waals surface area contributed by atoms with E-state index in [2.05, 4.69) is 5.32 Å². The molecule has 1 amide bonds. The van der Waals surface area contributed by atoms with Gasteiger partial charge in [0.1, 0.15) is 5.02 Å². The fourth-order valence-corrected chi connectivity index (χ4v) is 2.46. The number of rotatable bonds is 5. The third-order valence-corrected chi connectivity index (χ3v) is 3.75. The van der Waals surface area contributed by atoms with Gasteiger partial charge in [-0.25, -0.2) is 0 Å². The van der Waals surface area contributed by atoms with Gasteiger partial charge in [-0.2, -0.15) is 0 Å². The molecule has 7 heteroatoms. The highest BCUT2D eigenvalue weighted by Crippen LogP contribution is 2.25. The van der Waals surface area contributed by atoms with E-state index in [1.807, 2.05) is 0 Å². The first-order valence-corrected chi connectivity index (χ1v) is 7.29. The van der Waals surface area contributed by atoms with E-state index in [0.717, 1.165) is 32.3 Å². The monoisotopic (exact) mass is 312 g/mol. The molecule has 6 nitrogen and oxygen atoms in total. The molecule has 0 bridgehead atoms. The smallest absolute Gasteiger partial charge is 0.288 e. The minimum atomic E-state index is -0.602. The molecule has 0 aromatic heterocycles. The van der Waals surface area contributed by atoms with Gasteiger partial charge in [0.2, 0.25) is 0 Å². The summed E-state index contributed by atoms with van der Waals surface area (Å²) in [5.41, 5.74) is -0.0319. The Morgan fingerprint density at radius 3 is 2.95 bits per heavy atom. The van der Waals surface area contributed by atoms with Crippen molar-refractivity contribution < 1.29 is 14.5 Å². The molecule has 1 aromatic rings. The van der Waals surface area contributed by atoms with Gasteiger partial charge in [-0.3, -0.25) is 14.9 Å². The van der Waals surface area contributed by atoms with Crippen LogP contribution in [0.15, 0.2) is 18.2 Å². The fourth-order valence-electron chi connectivity index (χ4n) is 2.28. The summed E-state index contributed by atoms with van der Waals surface area (Å²) in [6.45, 7) is 1.27. The summed E-state index contributed by atoms with van der Waals surface area (Å²) in [6.07, 6.45) is 4.21. The molecule has 21 heavy (non-hydrogen) atoms. The number of nitro benzene ring substituents is 1. The van der Waals surface area contributed by atoms with Crippen molar-refractivity contribution in [2.45, 2.75) is 31.8 Å². The van der Waals surface area contributed by atoms with E-state index in [1.54, 1.807) is 0 Å². The van der Waals surface area contributed by atoms with E-state index in [4.69, 9.17) is 16.3 Å². The largest absolute Gasteiger partial charge is 0.378 e. The molecule has 1 atom stereocenters. The number of carbonyl (C=O) groups excluding carboxylic acids is 1. The van der Waals surface area contributed by atoms with Crippen molar-refractivity contribution in [3.05, 3.63) is 38.9 Å². The van der Waals surface area contributed by atoms with E-state index in [0.29, 0.717) is 6.54 Å². The second kappa shape index (κ2) is 7.38. The van der Waals surface area contributed by atoms with Crippen LogP contribution in [0.2, 0.25) is 5.02 Å². The molecular formula is C14H17ClN2O4. The molecule has 1 aliphatic heterocycles. The summed E-state index contributed by atoms with van der Waals surface area (Å²) in [7, 11) is 0. The lowest BCUT2D eigenvalue weighted by molar-refractivity contribution is -0.384. The third-order valence-electron chi connectivity index (χ3n) is 3.43. The maximum Gasteiger partial charge on any atom is 0.288 e. The van der Waals surface area contributed by atoms with Crippen LogP contribution < -0.4 is 5.32 Å². The van der Waals surface area contributed by atoms with Crippen LogP contribution in [0.1, 0.15) is 36.0 Å². The molecule has 0 saturated carbocycles. The minimum Gasteiger partial charge on any atom is -0.378 e. The summed E-state index contributed by atoms with van der Waals surface area (Å²) in [6, 6.07) is 4.02. The van der Waals surface area contributed by atoms with E-state index in [-0.39, 0.29) is 28.3 Å². The summed E-state index contributed by atoms with van der Waals surface area (Å²) >= 11 is 5.71. The summed E-state index contributed by atoms with van der Waals surface area (Å²) in [5.74, 6) is -0.342. The van der Waals surface area contributed by atoms with Crippen LogP contribution in [0.25, 0.3) is 0 Å². The van der Waals surface area contributed by atoms with Gasteiger partial charge in [0.05, 0.1) is 11.0 Å². The normalized spacial score (nSPS) is 18.2. The van der Waals surface area contributed by atoms with Gasteiger partial charge in [-0.05, 0) is 37.8 Å². The maximum atomic E-state index is 12.0. The summed E-state index contributed by atoms with van der Waals surface area (Å²) in [4.78, 5) is 22.1. The topological polar surface area (TPSA) is 81.5 Å². The average Bonchev–Trinajstić information content (AvgIpc) is 2.48. The second-order valence-electron chi connectivity index (χ2n) is 4.96. The SMILES string of the molecule is O=C(NCCC1CCCCO1)c1ccc(Cl)c([N+](=O)[O-])c1. The van der Waals surface area contributed by atoms with Gasteiger partial charge in [0.25, 0.3) is 11.6 Å². The summed E-state index contributed by atoms with van der Waals surface area (Å²) in [5, 5.41) is 13.6. The van der Waals surface area contributed by atoms with Gasteiger partial charge in [0.15, 0.2) is 0 Å². The highest BCUT2D eigenvalue weighted by atomic mass is 35.5. The first-order valence-electron chi connectivity index (χ1n) is 6.91. The molecular weight excluding hydrogens is 296 g/mol. The zero-order valence-electron chi connectivity index (χ0n) is 11.5. The first-order chi connectivity index (χ1) is 10.1. The quantitative estimate of drug-likeness (QED) is 0.669. The number of ether oxygens (including phenoxy) is 1. The van der Waals surface area contributed by atoms with Gasteiger partial charge in [-0.15, -0.1) is 0 Å². The predicted octanol–water partition coefficient (Wildman–Crippen LogP) is 2.94. The van der Waals surface area contributed by atoms with E-state index in [9.17, 15) is 14.9 Å². The standard InChI is InChI=1S/C14H17ClN2O4/c15-12-5-4-10(9-13(12)17(19)20)14(18)16-7-6-11-3-1-2-8-21-11/h4-5,9,11H,1-3,6-8H2,(H,16,18). The fraction of sp³-hybridized carbons (Fsp3) is 0.500. The molecule has 2 rings (SSSR count). The Labute approximate surface area is 127 Å². The Morgan fingerprint density at radius 1 is 1.48 bits per heavy atom. The van der Waals surface area contributed by atoms with Crippen LogP contribution in [0.5, 0.6) is 0 Å². The van der Waals surface area contributed by atoms with E-state index >= 15 is 0 Å². The lowest BCUT2D eigenvalue weighted by Crippen LogP contribution is -2.29. The Hall–Kier alpha value is -1.66. The molecule has 1 saturated heterocycles. The predicted molar refractivity (Wildman–Crippen MR) is 78.6 cm³/mol. The number of amides is 1. The molecule has 1 fully saturated rings. The zero-order valence-corrected chi connectivity index (χ0v) is 12.3. The number of nitrogens with one attached hydrogen (secondary N) is 1. The van der Waals surface area contributed by atoms with E-state index in [1.165, 1.54) is 18.2 Å². The van der Waals surface area contributed by atoms with Crippen LogP contribution in [-0.4, -0.2) is 30.1 Å². The Kier molecular flexibility index (Phi) is 5.52. The van der Waals surface area contributed by atoms with Crippen molar-refractivity contribution in [3.8, 4) is 0 Å². The number of halogens is 1. The van der Waals surface area contributed by atoms with Crippen LogP contribution in [-0.2, 0) is 4.74 Å².